The van der Waals surface area contributed by atoms with E-state index in [1.165, 1.54) is 0 Å². The molecule has 3 nitrogen and oxygen atoms in total. The van der Waals surface area contributed by atoms with Crippen LogP contribution in [0.4, 0.5) is 5.69 Å². The Morgan fingerprint density at radius 2 is 1.95 bits per heavy atom. The van der Waals surface area contributed by atoms with Crippen LogP contribution >= 0.6 is 15.9 Å². The lowest BCUT2D eigenvalue weighted by Crippen LogP contribution is -2.34. The van der Waals surface area contributed by atoms with Gasteiger partial charge in [0.25, 0.3) is 0 Å². The third-order valence-corrected chi connectivity index (χ3v) is 3.99. The largest absolute Gasteiger partial charge is 0.382 e. The van der Waals surface area contributed by atoms with Gasteiger partial charge in [-0.15, -0.1) is 0 Å². The first-order valence-corrected chi connectivity index (χ1v) is 7.70. The molecule has 0 radical (unpaired) electrons. The van der Waals surface area contributed by atoms with Crippen LogP contribution in [-0.4, -0.2) is 31.5 Å². The molecule has 1 fully saturated rings. The second kappa shape index (κ2) is 7.27. The predicted octanol–water partition coefficient (Wildman–Crippen LogP) is 3.83. The Morgan fingerprint density at radius 3 is 2.63 bits per heavy atom. The maximum Gasteiger partial charge on any atom is 0.0642 e. The molecule has 0 saturated carbocycles. The minimum absolute atomic E-state index is 0.310. The molecule has 1 aromatic rings. The Kier molecular flexibility index (Phi) is 5.67. The van der Waals surface area contributed by atoms with E-state index >= 15 is 0 Å². The first-order valence-electron chi connectivity index (χ1n) is 6.90. The van der Waals surface area contributed by atoms with Crippen LogP contribution in [0, 0.1) is 0 Å². The van der Waals surface area contributed by atoms with Crippen LogP contribution in [0.15, 0.2) is 28.7 Å². The highest BCUT2D eigenvalue weighted by molar-refractivity contribution is 9.10. The molecule has 0 spiro atoms. The van der Waals surface area contributed by atoms with E-state index in [1.807, 2.05) is 18.2 Å². The molecule has 1 heterocycles. The smallest absolute Gasteiger partial charge is 0.0642 e. The highest BCUT2D eigenvalue weighted by Crippen LogP contribution is 2.22. The van der Waals surface area contributed by atoms with Gasteiger partial charge in [-0.3, -0.25) is 0 Å². The van der Waals surface area contributed by atoms with Crippen LogP contribution in [0.3, 0.4) is 0 Å². The third kappa shape index (κ3) is 4.79. The van der Waals surface area contributed by atoms with E-state index in [0.717, 1.165) is 36.2 Å². The highest BCUT2D eigenvalue weighted by Gasteiger charge is 2.24. The zero-order valence-electron chi connectivity index (χ0n) is 11.6. The van der Waals surface area contributed by atoms with Crippen molar-refractivity contribution in [2.45, 2.75) is 45.0 Å². The summed E-state index contributed by atoms with van der Waals surface area (Å²) in [5, 5.41) is 3.37. The number of rotatable bonds is 5. The minimum Gasteiger partial charge on any atom is -0.382 e. The molecule has 0 aromatic heterocycles. The van der Waals surface area contributed by atoms with Crippen molar-refractivity contribution in [3.05, 3.63) is 28.7 Å². The van der Waals surface area contributed by atoms with Gasteiger partial charge in [-0.05, 0) is 54.8 Å². The lowest BCUT2D eigenvalue weighted by Gasteiger charge is -2.32. The van der Waals surface area contributed by atoms with Crippen molar-refractivity contribution < 1.29 is 9.47 Å². The van der Waals surface area contributed by atoms with E-state index in [1.54, 1.807) is 0 Å². The number of para-hydroxylation sites is 1. The number of ether oxygens (including phenoxy) is 2. The Hall–Kier alpha value is -0.580. The molecule has 106 valence electrons. The summed E-state index contributed by atoms with van der Waals surface area (Å²) in [5.74, 6) is 0. The Morgan fingerprint density at radius 1 is 1.26 bits per heavy atom. The van der Waals surface area contributed by atoms with Crippen LogP contribution in [0.25, 0.3) is 0 Å². The molecule has 1 aliphatic heterocycles. The standard InChI is InChI=1S/C15H22BrNO2/c1-11-9-13(10-12(2)19-11)18-8-7-17-15-6-4-3-5-14(15)16/h3-6,11-13,17H,7-10H2,1-2H3. The highest BCUT2D eigenvalue weighted by atomic mass is 79.9. The lowest BCUT2D eigenvalue weighted by molar-refractivity contribution is -0.0998. The van der Waals surface area contributed by atoms with Crippen molar-refractivity contribution in [3.63, 3.8) is 0 Å². The summed E-state index contributed by atoms with van der Waals surface area (Å²) < 4.78 is 12.7. The van der Waals surface area contributed by atoms with Gasteiger partial charge in [0.05, 0.1) is 24.9 Å². The van der Waals surface area contributed by atoms with Crippen molar-refractivity contribution in [3.8, 4) is 0 Å². The number of nitrogens with one attached hydrogen (secondary N) is 1. The third-order valence-electron chi connectivity index (χ3n) is 3.30. The lowest BCUT2D eigenvalue weighted by atomic mass is 10.0. The van der Waals surface area contributed by atoms with E-state index in [-0.39, 0.29) is 0 Å². The molecule has 19 heavy (non-hydrogen) atoms. The van der Waals surface area contributed by atoms with E-state index in [0.29, 0.717) is 18.3 Å². The van der Waals surface area contributed by atoms with Crippen molar-refractivity contribution >= 4 is 21.6 Å². The molecule has 0 aliphatic carbocycles. The van der Waals surface area contributed by atoms with Crippen molar-refractivity contribution in [1.29, 1.82) is 0 Å². The number of benzene rings is 1. The van der Waals surface area contributed by atoms with Crippen LogP contribution < -0.4 is 5.32 Å². The molecule has 1 N–H and O–H groups in total. The van der Waals surface area contributed by atoms with Gasteiger partial charge in [0.15, 0.2) is 0 Å². The molecule has 0 bridgehead atoms. The summed E-state index contributed by atoms with van der Waals surface area (Å²) in [6.45, 7) is 5.78. The van der Waals surface area contributed by atoms with Gasteiger partial charge < -0.3 is 14.8 Å². The average Bonchev–Trinajstić information content (AvgIpc) is 2.35. The molecule has 0 amide bonds. The number of hydrogen-bond acceptors (Lipinski definition) is 3. The SMILES string of the molecule is CC1CC(OCCNc2ccccc2Br)CC(C)O1. The van der Waals surface area contributed by atoms with E-state index in [4.69, 9.17) is 9.47 Å². The Labute approximate surface area is 123 Å². The fourth-order valence-electron chi connectivity index (χ4n) is 2.50. The predicted molar refractivity (Wildman–Crippen MR) is 81.6 cm³/mol. The Bertz CT molecular complexity index is 389. The van der Waals surface area contributed by atoms with E-state index < -0.39 is 0 Å². The first-order chi connectivity index (χ1) is 9.15. The van der Waals surface area contributed by atoms with Crippen LogP contribution in [0.5, 0.6) is 0 Å². The molecule has 2 rings (SSSR count). The van der Waals surface area contributed by atoms with Crippen molar-refractivity contribution in [2.24, 2.45) is 0 Å². The van der Waals surface area contributed by atoms with E-state index in [2.05, 4.69) is 41.2 Å². The molecular formula is C15H22BrNO2. The number of hydrogen-bond donors (Lipinski definition) is 1. The maximum absolute atomic E-state index is 5.93. The summed E-state index contributed by atoms with van der Waals surface area (Å²) in [6.07, 6.45) is 2.95. The second-order valence-corrected chi connectivity index (χ2v) is 5.98. The van der Waals surface area contributed by atoms with Gasteiger partial charge >= 0.3 is 0 Å². The van der Waals surface area contributed by atoms with Crippen molar-refractivity contribution in [1.82, 2.24) is 0 Å². The van der Waals surface area contributed by atoms with Gasteiger partial charge in [-0.1, -0.05) is 12.1 Å². The summed E-state index contributed by atoms with van der Waals surface area (Å²) in [5.41, 5.74) is 1.11. The van der Waals surface area contributed by atoms with Gasteiger partial charge in [0.2, 0.25) is 0 Å². The van der Waals surface area contributed by atoms with Gasteiger partial charge in [-0.2, -0.15) is 0 Å². The normalized spacial score (nSPS) is 27.2. The van der Waals surface area contributed by atoms with Crippen molar-refractivity contribution in [2.75, 3.05) is 18.5 Å². The first kappa shape index (κ1) is 14.8. The van der Waals surface area contributed by atoms with Crippen LogP contribution in [-0.2, 0) is 9.47 Å². The second-order valence-electron chi connectivity index (χ2n) is 5.13. The van der Waals surface area contributed by atoms with Crippen LogP contribution in [0.1, 0.15) is 26.7 Å². The monoisotopic (exact) mass is 327 g/mol. The van der Waals surface area contributed by atoms with Gasteiger partial charge in [0.1, 0.15) is 0 Å². The quantitative estimate of drug-likeness (QED) is 0.833. The molecular weight excluding hydrogens is 306 g/mol. The summed E-state index contributed by atoms with van der Waals surface area (Å²) >= 11 is 3.52. The molecule has 1 saturated heterocycles. The van der Waals surface area contributed by atoms with Gasteiger partial charge in [-0.25, -0.2) is 0 Å². The fraction of sp³-hybridized carbons (Fsp3) is 0.600. The fourth-order valence-corrected chi connectivity index (χ4v) is 2.92. The zero-order valence-corrected chi connectivity index (χ0v) is 13.2. The molecule has 1 aliphatic rings. The number of anilines is 1. The molecule has 2 atom stereocenters. The summed E-state index contributed by atoms with van der Waals surface area (Å²) in [7, 11) is 0. The van der Waals surface area contributed by atoms with Crippen LogP contribution in [0.2, 0.25) is 0 Å². The van der Waals surface area contributed by atoms with E-state index in [9.17, 15) is 0 Å². The molecule has 4 heteroatoms. The Balaban J connectivity index is 1.68. The molecule has 1 aromatic carbocycles. The summed E-state index contributed by atoms with van der Waals surface area (Å²) in [4.78, 5) is 0. The summed E-state index contributed by atoms with van der Waals surface area (Å²) in [6, 6.07) is 8.13. The molecule has 2 unspecified atom stereocenters. The maximum atomic E-state index is 5.93. The average molecular weight is 328 g/mol. The minimum atomic E-state index is 0.310. The topological polar surface area (TPSA) is 30.5 Å². The zero-order chi connectivity index (χ0) is 13.7. The van der Waals surface area contributed by atoms with Gasteiger partial charge in [0, 0.05) is 16.7 Å². The number of halogens is 1.